The first-order chi connectivity index (χ1) is 8.29. The van der Waals surface area contributed by atoms with Gasteiger partial charge in [0, 0.05) is 16.3 Å². The van der Waals surface area contributed by atoms with E-state index in [2.05, 4.69) is 21.6 Å². The van der Waals surface area contributed by atoms with Crippen LogP contribution in [0.1, 0.15) is 12.1 Å². The van der Waals surface area contributed by atoms with Crippen LogP contribution in [0, 0.1) is 0 Å². The number of hydrogen-bond donors (Lipinski definition) is 2. The van der Waals surface area contributed by atoms with Crippen molar-refractivity contribution in [2.24, 2.45) is 0 Å². The summed E-state index contributed by atoms with van der Waals surface area (Å²) in [4.78, 5) is 0. The van der Waals surface area contributed by atoms with Crippen molar-refractivity contribution in [1.29, 1.82) is 0 Å². The molecule has 0 aliphatic carbocycles. The number of aromatic amines is 1. The van der Waals surface area contributed by atoms with E-state index in [1.807, 2.05) is 31.3 Å². The lowest BCUT2D eigenvalue weighted by Gasteiger charge is -1.96. The van der Waals surface area contributed by atoms with Crippen LogP contribution >= 0.6 is 11.6 Å². The van der Waals surface area contributed by atoms with Crippen LogP contribution in [0.5, 0.6) is 0 Å². The van der Waals surface area contributed by atoms with Crippen LogP contribution in [-0.2, 0) is 6.42 Å². The van der Waals surface area contributed by atoms with Crippen molar-refractivity contribution < 1.29 is 0 Å². The minimum atomic E-state index is 0.749. The summed E-state index contributed by atoms with van der Waals surface area (Å²) in [5.74, 6) is 0. The number of halogens is 1. The van der Waals surface area contributed by atoms with Gasteiger partial charge in [-0.1, -0.05) is 23.7 Å². The first-order valence-electron chi connectivity index (χ1n) is 5.74. The molecule has 2 aromatic rings. The van der Waals surface area contributed by atoms with Gasteiger partial charge in [0.05, 0.1) is 5.69 Å². The zero-order chi connectivity index (χ0) is 12.1. The summed E-state index contributed by atoms with van der Waals surface area (Å²) >= 11 is 5.85. The molecular weight excluding hydrogens is 234 g/mol. The van der Waals surface area contributed by atoms with Gasteiger partial charge in [0.1, 0.15) is 0 Å². The Bertz CT molecular complexity index is 462. The van der Waals surface area contributed by atoms with Crippen LogP contribution < -0.4 is 5.32 Å². The number of aromatic nitrogens is 2. The van der Waals surface area contributed by atoms with E-state index >= 15 is 0 Å². The second-order valence-corrected chi connectivity index (χ2v) is 4.43. The summed E-state index contributed by atoms with van der Waals surface area (Å²) < 4.78 is 0. The number of H-pyrrole nitrogens is 1. The minimum Gasteiger partial charge on any atom is -0.320 e. The fourth-order valence-corrected chi connectivity index (χ4v) is 1.84. The maximum Gasteiger partial charge on any atom is 0.0923 e. The van der Waals surface area contributed by atoms with Crippen molar-refractivity contribution in [2.75, 3.05) is 13.6 Å². The molecule has 90 valence electrons. The Kier molecular flexibility index (Phi) is 4.18. The molecule has 0 bridgehead atoms. The molecule has 2 rings (SSSR count). The molecule has 3 nitrogen and oxygen atoms in total. The molecule has 0 unspecified atom stereocenters. The van der Waals surface area contributed by atoms with Gasteiger partial charge in [-0.15, -0.1) is 0 Å². The van der Waals surface area contributed by atoms with Crippen molar-refractivity contribution in [3.63, 3.8) is 0 Å². The van der Waals surface area contributed by atoms with Gasteiger partial charge in [0.15, 0.2) is 0 Å². The quantitative estimate of drug-likeness (QED) is 0.800. The van der Waals surface area contributed by atoms with Gasteiger partial charge < -0.3 is 5.32 Å². The van der Waals surface area contributed by atoms with E-state index in [0.717, 1.165) is 35.7 Å². The van der Waals surface area contributed by atoms with Crippen molar-refractivity contribution in [3.8, 4) is 11.3 Å². The van der Waals surface area contributed by atoms with E-state index in [1.165, 1.54) is 5.69 Å². The van der Waals surface area contributed by atoms with Crippen molar-refractivity contribution >= 4 is 11.6 Å². The molecule has 17 heavy (non-hydrogen) atoms. The number of nitrogens with one attached hydrogen (secondary N) is 2. The molecule has 0 aliphatic rings. The van der Waals surface area contributed by atoms with E-state index in [-0.39, 0.29) is 0 Å². The van der Waals surface area contributed by atoms with Crippen LogP contribution in [0.2, 0.25) is 5.02 Å². The number of hydrogen-bond acceptors (Lipinski definition) is 2. The van der Waals surface area contributed by atoms with Crippen LogP contribution in [0.4, 0.5) is 0 Å². The first kappa shape index (κ1) is 12.1. The molecule has 0 radical (unpaired) electrons. The summed E-state index contributed by atoms with van der Waals surface area (Å²) in [6, 6.07) is 9.82. The first-order valence-corrected chi connectivity index (χ1v) is 6.12. The molecule has 4 heteroatoms. The van der Waals surface area contributed by atoms with Gasteiger partial charge in [0.25, 0.3) is 0 Å². The Hall–Kier alpha value is -1.32. The van der Waals surface area contributed by atoms with Crippen LogP contribution in [-0.4, -0.2) is 23.8 Å². The molecular formula is C13H16ClN3. The zero-order valence-corrected chi connectivity index (χ0v) is 10.6. The molecule has 0 fully saturated rings. The number of rotatable bonds is 5. The summed E-state index contributed by atoms with van der Waals surface area (Å²) in [7, 11) is 1.96. The predicted octanol–water partition coefficient (Wildman–Crippen LogP) is 2.88. The Morgan fingerprint density at radius 3 is 2.76 bits per heavy atom. The zero-order valence-electron chi connectivity index (χ0n) is 9.83. The summed E-state index contributed by atoms with van der Waals surface area (Å²) in [6.45, 7) is 1.02. The lowest BCUT2D eigenvalue weighted by atomic mass is 10.1. The Labute approximate surface area is 106 Å². The van der Waals surface area contributed by atoms with Crippen molar-refractivity contribution in [3.05, 3.63) is 41.0 Å². The third kappa shape index (κ3) is 3.32. The lowest BCUT2D eigenvalue weighted by Crippen LogP contribution is -2.08. The predicted molar refractivity (Wildman–Crippen MR) is 71.3 cm³/mol. The third-order valence-electron chi connectivity index (χ3n) is 2.64. The Balaban J connectivity index is 2.04. The number of benzene rings is 1. The molecule has 0 amide bonds. The van der Waals surface area contributed by atoms with Crippen LogP contribution in [0.3, 0.4) is 0 Å². The highest BCUT2D eigenvalue weighted by molar-refractivity contribution is 6.30. The molecule has 2 N–H and O–H groups in total. The molecule has 0 atom stereocenters. The SMILES string of the molecule is CNCCCc1cc(-c2ccc(Cl)cc2)n[nH]1. The van der Waals surface area contributed by atoms with Gasteiger partial charge in [-0.2, -0.15) is 5.10 Å². The van der Waals surface area contributed by atoms with E-state index in [0.29, 0.717) is 0 Å². The van der Waals surface area contributed by atoms with Crippen molar-refractivity contribution in [1.82, 2.24) is 15.5 Å². The highest BCUT2D eigenvalue weighted by Crippen LogP contribution is 2.20. The summed E-state index contributed by atoms with van der Waals surface area (Å²) in [6.07, 6.45) is 2.13. The number of nitrogens with zero attached hydrogens (tertiary/aromatic N) is 1. The molecule has 1 aromatic heterocycles. The molecule has 0 saturated carbocycles. The maximum absolute atomic E-state index is 5.85. The highest BCUT2D eigenvalue weighted by atomic mass is 35.5. The molecule has 0 saturated heterocycles. The lowest BCUT2D eigenvalue weighted by molar-refractivity contribution is 0.713. The van der Waals surface area contributed by atoms with Gasteiger partial charge in [-0.25, -0.2) is 0 Å². The summed E-state index contributed by atoms with van der Waals surface area (Å²) in [5.41, 5.74) is 3.23. The normalized spacial score (nSPS) is 10.7. The van der Waals surface area contributed by atoms with Gasteiger partial charge in [0.2, 0.25) is 0 Å². The molecule has 1 heterocycles. The van der Waals surface area contributed by atoms with Gasteiger partial charge in [-0.3, -0.25) is 5.10 Å². The highest BCUT2D eigenvalue weighted by Gasteiger charge is 2.03. The van der Waals surface area contributed by atoms with Gasteiger partial charge in [-0.05, 0) is 44.6 Å². The van der Waals surface area contributed by atoms with E-state index in [4.69, 9.17) is 11.6 Å². The maximum atomic E-state index is 5.85. The van der Waals surface area contributed by atoms with Crippen LogP contribution in [0.15, 0.2) is 30.3 Å². The topological polar surface area (TPSA) is 40.7 Å². The Morgan fingerprint density at radius 1 is 1.29 bits per heavy atom. The second-order valence-electron chi connectivity index (χ2n) is 3.99. The standard InChI is InChI=1S/C13H16ClN3/c1-15-8-2-3-12-9-13(17-16-12)10-4-6-11(14)7-5-10/h4-7,9,15H,2-3,8H2,1H3,(H,16,17). The van der Waals surface area contributed by atoms with E-state index in [9.17, 15) is 0 Å². The van der Waals surface area contributed by atoms with Gasteiger partial charge >= 0.3 is 0 Å². The average molecular weight is 250 g/mol. The van der Waals surface area contributed by atoms with E-state index in [1.54, 1.807) is 0 Å². The van der Waals surface area contributed by atoms with Crippen LogP contribution in [0.25, 0.3) is 11.3 Å². The average Bonchev–Trinajstić information content (AvgIpc) is 2.79. The van der Waals surface area contributed by atoms with E-state index < -0.39 is 0 Å². The largest absolute Gasteiger partial charge is 0.320 e. The van der Waals surface area contributed by atoms with Crippen molar-refractivity contribution in [2.45, 2.75) is 12.8 Å². The fourth-order valence-electron chi connectivity index (χ4n) is 1.71. The smallest absolute Gasteiger partial charge is 0.0923 e. The third-order valence-corrected chi connectivity index (χ3v) is 2.90. The molecule has 0 aliphatic heterocycles. The second kappa shape index (κ2) is 5.84. The number of aryl methyl sites for hydroxylation is 1. The molecule has 1 aromatic carbocycles. The molecule has 0 spiro atoms. The minimum absolute atomic E-state index is 0.749. The Morgan fingerprint density at radius 2 is 2.06 bits per heavy atom. The fraction of sp³-hybridized carbons (Fsp3) is 0.308. The summed E-state index contributed by atoms with van der Waals surface area (Å²) in [5, 5.41) is 11.3. The monoisotopic (exact) mass is 249 g/mol.